The zero-order valence-electron chi connectivity index (χ0n) is 33.3. The fourth-order valence-corrected chi connectivity index (χ4v) is 14.1. The van der Waals surface area contributed by atoms with E-state index in [4.69, 9.17) is 0 Å². The number of benzene rings is 7. The molecule has 2 fully saturated rings. The predicted octanol–water partition coefficient (Wildman–Crippen LogP) is 11.6. The van der Waals surface area contributed by atoms with Crippen molar-refractivity contribution in [1.29, 1.82) is 0 Å². The number of hydrogen-bond donors (Lipinski definition) is 0. The summed E-state index contributed by atoms with van der Waals surface area (Å²) in [7, 11) is 0. The molecule has 1 spiro atoms. The molecule has 0 unspecified atom stereocenters. The van der Waals surface area contributed by atoms with Crippen LogP contribution in [0.3, 0.4) is 0 Å². The van der Waals surface area contributed by atoms with Crippen LogP contribution in [0.25, 0.3) is 66.0 Å². The van der Waals surface area contributed by atoms with Crippen molar-refractivity contribution in [3.05, 3.63) is 160 Å². The standard InChI is InChI=1S/C55H43BN2/c1-30-31(2)57-48-24-23-45-54-50(48)56(49-37-18-8-7-17-34(37)25-40(30)53(49)57)47-29-36(33-15-5-6-16-33)27-42-41-26-35(32-13-3-4-14-32)28-46(51(41)58(54)52(42)47)55(45)43-21-11-9-19-38(43)39-20-10-12-22-44(39)55/h7-12,17-29,32-33H,3-6,13-16H2,1-2H3. The summed E-state index contributed by atoms with van der Waals surface area (Å²) in [5.41, 5.74) is 25.7. The highest BCUT2D eigenvalue weighted by Gasteiger charge is 2.54. The molecule has 0 atom stereocenters. The van der Waals surface area contributed by atoms with E-state index in [0.717, 1.165) is 0 Å². The van der Waals surface area contributed by atoms with Gasteiger partial charge in [0.1, 0.15) is 0 Å². The molecule has 2 aromatic heterocycles. The van der Waals surface area contributed by atoms with E-state index in [1.807, 2.05) is 0 Å². The number of hydrogen-bond acceptors (Lipinski definition) is 0. The summed E-state index contributed by atoms with van der Waals surface area (Å²) in [6.45, 7) is 4.85. The molecule has 5 heterocycles. The van der Waals surface area contributed by atoms with Crippen molar-refractivity contribution < 1.29 is 0 Å². The zero-order chi connectivity index (χ0) is 37.8. The van der Waals surface area contributed by atoms with Gasteiger partial charge < -0.3 is 9.13 Å². The van der Waals surface area contributed by atoms with Crippen LogP contribution in [-0.4, -0.2) is 15.8 Å². The van der Waals surface area contributed by atoms with E-state index in [2.05, 4.69) is 138 Å². The first kappa shape index (κ1) is 31.2. The maximum atomic E-state index is 2.82. The van der Waals surface area contributed by atoms with Crippen LogP contribution in [0.15, 0.2) is 115 Å². The van der Waals surface area contributed by atoms with Gasteiger partial charge in [-0.25, -0.2) is 0 Å². The highest BCUT2D eigenvalue weighted by Crippen LogP contribution is 2.62. The molecule has 7 aromatic carbocycles. The molecule has 58 heavy (non-hydrogen) atoms. The van der Waals surface area contributed by atoms with Gasteiger partial charge in [0.25, 0.3) is 6.71 Å². The van der Waals surface area contributed by atoms with E-state index in [1.165, 1.54) is 167 Å². The molecular formula is C55H43BN2. The summed E-state index contributed by atoms with van der Waals surface area (Å²) in [6.07, 6.45) is 10.5. The number of rotatable bonds is 2. The van der Waals surface area contributed by atoms with Gasteiger partial charge in [0.15, 0.2) is 0 Å². The van der Waals surface area contributed by atoms with Gasteiger partial charge in [-0.15, -0.1) is 0 Å². The van der Waals surface area contributed by atoms with Crippen LogP contribution in [0.4, 0.5) is 0 Å². The van der Waals surface area contributed by atoms with Crippen molar-refractivity contribution >= 4 is 66.6 Å². The Morgan fingerprint density at radius 1 is 0.517 bits per heavy atom. The van der Waals surface area contributed by atoms with Crippen molar-refractivity contribution in [1.82, 2.24) is 9.13 Å². The second-order valence-corrected chi connectivity index (χ2v) is 18.9. The van der Waals surface area contributed by atoms with Crippen LogP contribution in [0.2, 0.25) is 0 Å². The maximum Gasteiger partial charge on any atom is 0.253 e. The third kappa shape index (κ3) is 3.36. The minimum Gasteiger partial charge on any atom is -0.315 e. The first-order chi connectivity index (χ1) is 28.6. The molecule has 0 radical (unpaired) electrons. The van der Waals surface area contributed by atoms with Crippen LogP contribution in [0.1, 0.15) is 108 Å². The Balaban J connectivity index is 1.22. The minimum atomic E-state index is -0.429. The largest absolute Gasteiger partial charge is 0.315 e. The third-order valence-electron chi connectivity index (χ3n) is 16.6. The molecule has 2 saturated carbocycles. The van der Waals surface area contributed by atoms with Gasteiger partial charge in [-0.2, -0.15) is 0 Å². The molecule has 3 aliphatic heterocycles. The molecular weight excluding hydrogens is 699 g/mol. The van der Waals surface area contributed by atoms with Crippen LogP contribution >= 0.6 is 0 Å². The Hall–Kier alpha value is -5.80. The first-order valence-corrected chi connectivity index (χ1v) is 22.2. The van der Waals surface area contributed by atoms with E-state index < -0.39 is 5.41 Å². The lowest BCUT2D eigenvalue weighted by Gasteiger charge is -2.44. The predicted molar refractivity (Wildman–Crippen MR) is 243 cm³/mol. The highest BCUT2D eigenvalue weighted by molar-refractivity contribution is 7.01. The zero-order valence-corrected chi connectivity index (χ0v) is 33.3. The monoisotopic (exact) mass is 742 g/mol. The molecule has 15 rings (SSSR count). The van der Waals surface area contributed by atoms with Crippen molar-refractivity contribution in [2.24, 2.45) is 0 Å². The van der Waals surface area contributed by atoms with E-state index in [0.29, 0.717) is 11.8 Å². The second-order valence-electron chi connectivity index (χ2n) is 18.9. The Bertz CT molecular complexity index is 3350. The highest BCUT2D eigenvalue weighted by atomic mass is 15.1. The third-order valence-corrected chi connectivity index (χ3v) is 16.6. The molecule has 9 aromatic rings. The second kappa shape index (κ2) is 10.4. The number of aryl methyl sites for hydroxylation is 1. The normalized spacial score (nSPS) is 17.9. The number of aromatic nitrogens is 2. The van der Waals surface area contributed by atoms with Crippen molar-refractivity contribution in [3.8, 4) is 22.5 Å². The summed E-state index contributed by atoms with van der Waals surface area (Å²) in [4.78, 5) is 0. The molecule has 0 bridgehead atoms. The quantitative estimate of drug-likeness (QED) is 0.156. The lowest BCUT2D eigenvalue weighted by molar-refractivity contribution is 0.710. The average molecular weight is 743 g/mol. The van der Waals surface area contributed by atoms with Gasteiger partial charge in [-0.3, -0.25) is 0 Å². The molecule has 3 aliphatic carbocycles. The Morgan fingerprint density at radius 3 is 1.88 bits per heavy atom. The van der Waals surface area contributed by atoms with Crippen LogP contribution in [0, 0.1) is 13.8 Å². The number of nitrogens with zero attached hydrogens (tertiary/aromatic N) is 2. The molecule has 0 amide bonds. The maximum absolute atomic E-state index is 2.82. The molecule has 3 heteroatoms. The van der Waals surface area contributed by atoms with Crippen LogP contribution in [-0.2, 0) is 5.41 Å². The van der Waals surface area contributed by atoms with Gasteiger partial charge in [0, 0.05) is 44.3 Å². The molecule has 0 N–H and O–H groups in total. The minimum absolute atomic E-state index is 0.125. The van der Waals surface area contributed by atoms with Crippen LogP contribution in [0.5, 0.6) is 0 Å². The van der Waals surface area contributed by atoms with Crippen molar-refractivity contribution in [2.45, 2.75) is 82.5 Å². The smallest absolute Gasteiger partial charge is 0.253 e. The van der Waals surface area contributed by atoms with Gasteiger partial charge in [0.2, 0.25) is 0 Å². The molecule has 0 saturated heterocycles. The number of fused-ring (bicyclic) bond motifs is 13. The summed E-state index contributed by atoms with van der Waals surface area (Å²) in [6, 6.07) is 46.6. The van der Waals surface area contributed by atoms with Crippen molar-refractivity contribution in [3.63, 3.8) is 0 Å². The summed E-state index contributed by atoms with van der Waals surface area (Å²) in [5, 5.41) is 7.12. The van der Waals surface area contributed by atoms with Crippen molar-refractivity contribution in [2.75, 3.05) is 0 Å². The summed E-state index contributed by atoms with van der Waals surface area (Å²) >= 11 is 0. The Labute approximate surface area is 339 Å². The van der Waals surface area contributed by atoms with Gasteiger partial charge >= 0.3 is 0 Å². The van der Waals surface area contributed by atoms with Gasteiger partial charge in [-0.05, 0) is 153 Å². The van der Waals surface area contributed by atoms with Gasteiger partial charge in [0.05, 0.1) is 10.9 Å². The van der Waals surface area contributed by atoms with E-state index in [9.17, 15) is 0 Å². The SMILES string of the molecule is Cc1c(C)n2c3c(c4ccccc4cc13)B1c3c-2ccc2c3-n3c4c1cc(C1CCCC1)cc4c1cc(C4CCCC4)cc(c13)C21c2ccccc2-c2ccccc21. The lowest BCUT2D eigenvalue weighted by atomic mass is 9.33. The fraction of sp³-hybridized carbons (Fsp3) is 0.236. The topological polar surface area (TPSA) is 9.86 Å². The van der Waals surface area contributed by atoms with Crippen LogP contribution < -0.4 is 16.4 Å². The Morgan fingerprint density at radius 2 is 1.16 bits per heavy atom. The molecule has 2 nitrogen and oxygen atoms in total. The van der Waals surface area contributed by atoms with E-state index >= 15 is 0 Å². The average Bonchev–Trinajstić information content (AvgIpc) is 4.12. The molecule has 6 aliphatic rings. The molecule has 276 valence electrons. The first-order valence-electron chi connectivity index (χ1n) is 22.2. The fourth-order valence-electron chi connectivity index (χ4n) is 14.1. The Kier molecular flexibility index (Phi) is 5.62. The van der Waals surface area contributed by atoms with Gasteiger partial charge in [-0.1, -0.05) is 117 Å². The van der Waals surface area contributed by atoms with E-state index in [-0.39, 0.29) is 6.71 Å². The van der Waals surface area contributed by atoms with E-state index in [1.54, 1.807) is 11.1 Å². The summed E-state index contributed by atoms with van der Waals surface area (Å²) in [5.74, 6) is 1.24. The summed E-state index contributed by atoms with van der Waals surface area (Å²) < 4.78 is 5.49. The lowest BCUT2D eigenvalue weighted by Crippen LogP contribution is -2.61.